The molecule has 3 saturated carbocycles. The number of allylic oxidation sites excluding steroid dienone is 1. The monoisotopic (exact) mass is 204 g/mol. The van der Waals surface area contributed by atoms with Crippen LogP contribution >= 0.6 is 0 Å². The Kier molecular flexibility index (Phi) is 2.05. The first kappa shape index (κ1) is 9.62. The molecule has 3 aliphatic rings. The molecule has 0 N–H and O–H groups in total. The van der Waals surface area contributed by atoms with Crippen molar-refractivity contribution in [3.63, 3.8) is 0 Å². The van der Waals surface area contributed by atoms with Crippen molar-refractivity contribution >= 4 is 5.78 Å². The van der Waals surface area contributed by atoms with Crippen LogP contribution in [0.3, 0.4) is 0 Å². The Balaban J connectivity index is 1.81. The van der Waals surface area contributed by atoms with E-state index in [9.17, 15) is 4.79 Å². The highest BCUT2D eigenvalue weighted by Gasteiger charge is 2.55. The number of Topliss-reactive ketones (excluding diaryl/α,β-unsaturated/α-hetero) is 1. The summed E-state index contributed by atoms with van der Waals surface area (Å²) in [6.07, 6.45) is 6.78. The van der Waals surface area contributed by atoms with Crippen LogP contribution in [-0.4, -0.2) is 5.78 Å². The van der Waals surface area contributed by atoms with E-state index in [1.165, 1.54) is 32.1 Å². The second-order valence-electron chi connectivity index (χ2n) is 5.91. The highest BCUT2D eigenvalue weighted by molar-refractivity contribution is 5.96. The number of ketones is 1. The van der Waals surface area contributed by atoms with Gasteiger partial charge < -0.3 is 0 Å². The molecule has 5 unspecified atom stereocenters. The second kappa shape index (κ2) is 3.20. The molecule has 5 atom stereocenters. The zero-order chi connectivity index (χ0) is 10.6. The van der Waals surface area contributed by atoms with Crippen LogP contribution in [0, 0.1) is 29.6 Å². The van der Waals surface area contributed by atoms with Gasteiger partial charge >= 0.3 is 0 Å². The van der Waals surface area contributed by atoms with Gasteiger partial charge in [-0.3, -0.25) is 4.79 Å². The van der Waals surface area contributed by atoms with Crippen molar-refractivity contribution in [2.75, 3.05) is 0 Å². The maximum Gasteiger partial charge on any atom is 0.161 e. The fourth-order valence-electron chi connectivity index (χ4n) is 4.69. The molecule has 0 spiro atoms. The quantitative estimate of drug-likeness (QED) is 0.631. The van der Waals surface area contributed by atoms with Gasteiger partial charge in [0.1, 0.15) is 0 Å². The summed E-state index contributed by atoms with van der Waals surface area (Å²) in [4.78, 5) is 12.0. The van der Waals surface area contributed by atoms with Gasteiger partial charge in [-0.25, -0.2) is 0 Å². The van der Waals surface area contributed by atoms with E-state index in [4.69, 9.17) is 0 Å². The van der Waals surface area contributed by atoms with E-state index in [1.54, 1.807) is 0 Å². The molecule has 0 radical (unpaired) electrons. The van der Waals surface area contributed by atoms with Gasteiger partial charge in [0.15, 0.2) is 5.78 Å². The number of hydrogen-bond donors (Lipinski definition) is 0. The zero-order valence-corrected chi connectivity index (χ0v) is 9.54. The molecule has 3 rings (SSSR count). The predicted molar refractivity (Wildman–Crippen MR) is 60.4 cm³/mol. The first-order chi connectivity index (χ1) is 7.18. The van der Waals surface area contributed by atoms with Crippen LogP contribution in [0.25, 0.3) is 0 Å². The third kappa shape index (κ3) is 1.25. The molecule has 0 aromatic carbocycles. The minimum Gasteiger partial charge on any atom is -0.294 e. The Morgan fingerprint density at radius 1 is 1.13 bits per heavy atom. The lowest BCUT2D eigenvalue weighted by Crippen LogP contribution is -2.30. The van der Waals surface area contributed by atoms with E-state index in [0.717, 1.165) is 29.2 Å². The highest BCUT2D eigenvalue weighted by Crippen LogP contribution is 2.61. The lowest BCUT2D eigenvalue weighted by molar-refractivity contribution is -0.121. The average molecular weight is 204 g/mol. The Bertz CT molecular complexity index is 317. The summed E-state index contributed by atoms with van der Waals surface area (Å²) in [7, 11) is 0. The highest BCUT2D eigenvalue weighted by atomic mass is 16.1. The molecular formula is C14H20O. The zero-order valence-electron chi connectivity index (χ0n) is 9.54. The number of fused-ring (bicyclic) bond motifs is 5. The van der Waals surface area contributed by atoms with Gasteiger partial charge in [-0.1, -0.05) is 13.0 Å². The van der Waals surface area contributed by atoms with Gasteiger partial charge in [0, 0.05) is 5.92 Å². The van der Waals surface area contributed by atoms with Crippen LogP contribution in [0.5, 0.6) is 0 Å². The molecule has 3 aliphatic carbocycles. The predicted octanol–water partition coefficient (Wildman–Crippen LogP) is 3.20. The molecule has 0 aliphatic heterocycles. The Labute approximate surface area is 91.9 Å². The molecule has 0 aromatic heterocycles. The van der Waals surface area contributed by atoms with Crippen molar-refractivity contribution in [2.45, 2.75) is 39.0 Å². The van der Waals surface area contributed by atoms with Gasteiger partial charge in [0.2, 0.25) is 0 Å². The van der Waals surface area contributed by atoms with E-state index < -0.39 is 0 Å². The van der Waals surface area contributed by atoms with Gasteiger partial charge in [0.25, 0.3) is 0 Å². The van der Waals surface area contributed by atoms with Crippen molar-refractivity contribution in [1.82, 2.24) is 0 Å². The summed E-state index contributed by atoms with van der Waals surface area (Å²) < 4.78 is 0. The van der Waals surface area contributed by atoms with Gasteiger partial charge in [-0.2, -0.15) is 0 Å². The van der Waals surface area contributed by atoms with E-state index >= 15 is 0 Å². The lowest BCUT2D eigenvalue weighted by Gasteiger charge is -2.30. The summed E-state index contributed by atoms with van der Waals surface area (Å²) in [5, 5.41) is 0. The summed E-state index contributed by atoms with van der Waals surface area (Å²) in [5.74, 6) is 4.23. The van der Waals surface area contributed by atoms with Crippen molar-refractivity contribution < 1.29 is 4.79 Å². The lowest BCUT2D eigenvalue weighted by atomic mass is 9.73. The molecule has 2 bridgehead atoms. The molecule has 82 valence electrons. The molecule has 1 nitrogen and oxygen atoms in total. The van der Waals surface area contributed by atoms with Crippen molar-refractivity contribution in [2.24, 2.45) is 29.6 Å². The Morgan fingerprint density at radius 2 is 1.87 bits per heavy atom. The third-order valence-electron chi connectivity index (χ3n) is 5.19. The standard InChI is InChI=1S/C14H20O/c1-8(2)14(15)13-7-9-6-12(13)11-5-3-4-10(9)11/h9-13H,1,3-7H2,2H3. The molecule has 15 heavy (non-hydrogen) atoms. The summed E-state index contributed by atoms with van der Waals surface area (Å²) in [5.41, 5.74) is 0.780. The van der Waals surface area contributed by atoms with Crippen LogP contribution in [-0.2, 0) is 4.79 Å². The number of hydrogen-bond acceptors (Lipinski definition) is 1. The molecule has 0 saturated heterocycles. The van der Waals surface area contributed by atoms with Gasteiger partial charge in [-0.05, 0) is 61.9 Å². The van der Waals surface area contributed by atoms with Crippen molar-refractivity contribution in [3.8, 4) is 0 Å². The Morgan fingerprint density at radius 3 is 2.60 bits per heavy atom. The van der Waals surface area contributed by atoms with Crippen LogP contribution in [0.15, 0.2) is 12.2 Å². The minimum absolute atomic E-state index is 0.354. The Hall–Kier alpha value is -0.590. The summed E-state index contributed by atoms with van der Waals surface area (Å²) in [6, 6.07) is 0. The number of carbonyl (C=O) groups excluding carboxylic acids is 1. The van der Waals surface area contributed by atoms with Crippen LogP contribution in [0.2, 0.25) is 0 Å². The fourth-order valence-corrected chi connectivity index (χ4v) is 4.69. The van der Waals surface area contributed by atoms with Gasteiger partial charge in [-0.15, -0.1) is 0 Å². The van der Waals surface area contributed by atoms with E-state index in [0.29, 0.717) is 11.7 Å². The third-order valence-corrected chi connectivity index (χ3v) is 5.19. The van der Waals surface area contributed by atoms with Crippen molar-refractivity contribution in [1.29, 1.82) is 0 Å². The molecule has 0 aromatic rings. The maximum atomic E-state index is 12.0. The minimum atomic E-state index is 0.354. The smallest absolute Gasteiger partial charge is 0.161 e. The van der Waals surface area contributed by atoms with E-state index in [2.05, 4.69) is 6.58 Å². The largest absolute Gasteiger partial charge is 0.294 e. The number of rotatable bonds is 2. The van der Waals surface area contributed by atoms with Gasteiger partial charge in [0.05, 0.1) is 0 Å². The van der Waals surface area contributed by atoms with Crippen molar-refractivity contribution in [3.05, 3.63) is 12.2 Å². The maximum absolute atomic E-state index is 12.0. The SMILES string of the molecule is C=C(C)C(=O)C1CC2CC1C1CCCC21. The first-order valence-corrected chi connectivity index (χ1v) is 6.38. The average Bonchev–Trinajstić information content (AvgIpc) is 2.87. The first-order valence-electron chi connectivity index (χ1n) is 6.38. The van der Waals surface area contributed by atoms with E-state index in [-0.39, 0.29) is 0 Å². The molecule has 1 heteroatoms. The molecule has 0 heterocycles. The number of carbonyl (C=O) groups is 1. The fraction of sp³-hybridized carbons (Fsp3) is 0.786. The summed E-state index contributed by atoms with van der Waals surface area (Å²) >= 11 is 0. The summed E-state index contributed by atoms with van der Waals surface area (Å²) in [6.45, 7) is 5.69. The second-order valence-corrected chi connectivity index (χ2v) is 5.91. The molecular weight excluding hydrogens is 184 g/mol. The van der Waals surface area contributed by atoms with Crippen LogP contribution in [0.1, 0.15) is 39.0 Å². The normalized spacial score (nSPS) is 46.9. The van der Waals surface area contributed by atoms with Crippen LogP contribution < -0.4 is 0 Å². The topological polar surface area (TPSA) is 17.1 Å². The van der Waals surface area contributed by atoms with E-state index in [1.807, 2.05) is 6.92 Å². The molecule has 3 fully saturated rings. The molecule has 0 amide bonds. The van der Waals surface area contributed by atoms with Crippen LogP contribution in [0.4, 0.5) is 0 Å².